The van der Waals surface area contributed by atoms with Crippen LogP contribution in [0, 0.1) is 0 Å². The Morgan fingerprint density at radius 3 is 0.947 bits per heavy atom. The van der Waals surface area contributed by atoms with E-state index in [4.69, 9.17) is 28.4 Å². The minimum atomic E-state index is -1.97. The van der Waals surface area contributed by atoms with E-state index >= 15 is 0 Å². The number of aliphatic hydroxyl groups excluding tert-OH is 11. The SMILES string of the molecule is CC/C=C\C/C=C\C/C=C\C/C=C\CCCCCCCCCCCCCCCCCCCCCCCCCCCCCCC(=O)NC(COC1OC(CO)C(OC2OC(CO)C(OC3OC(CO)C(O)C(O)C3O)C(O)C2O)C(O)C1O)C(O)CCCCCCCCCCCCCCCCCCCCCCCCCCCCCC. The van der Waals surface area contributed by atoms with E-state index in [9.17, 15) is 61.0 Å². The van der Waals surface area contributed by atoms with Gasteiger partial charge in [-0.2, -0.15) is 0 Å². The molecule has 114 heavy (non-hydrogen) atoms. The standard InChI is InChI=1S/C95H177NO18/c1-3-5-7-9-11-13-15-17-19-21-23-25-27-29-31-33-34-35-36-37-38-39-40-41-42-43-44-45-47-49-51-53-55-57-59-61-63-65-67-69-71-73-83(101)96-78(79(100)72-70-68-66-64-62-60-58-56-54-52-50-48-46-32-30-28-26-24-22-20-18-16-14-12-10-8-6-4-2)77-109-93-89(107)86(104)91(81(75-98)111-93)114-95-90(108)87(105)92(82(76-99)112-95)113-94-88(106)85(103)84(102)80(74-97)110-94/h5,7,11,13,17,19,23,25,78-82,84-95,97-100,102-108H,3-4,6,8-10,12,14-16,18,20-22,24,26-77H2,1-2H3,(H,96,101)/b7-5-,13-11-,19-17-,25-23-. The van der Waals surface area contributed by atoms with Gasteiger partial charge in [0, 0.05) is 6.42 Å². The smallest absolute Gasteiger partial charge is 0.220 e. The predicted molar refractivity (Wildman–Crippen MR) is 462 cm³/mol. The van der Waals surface area contributed by atoms with Crippen molar-refractivity contribution in [3.63, 3.8) is 0 Å². The van der Waals surface area contributed by atoms with Crippen LogP contribution in [-0.2, 0) is 33.2 Å². The highest BCUT2D eigenvalue weighted by atomic mass is 16.8. The number of unbranched alkanes of at least 4 members (excludes halogenated alkanes) is 55. The third-order valence-corrected chi connectivity index (χ3v) is 23.9. The van der Waals surface area contributed by atoms with Crippen molar-refractivity contribution in [3.05, 3.63) is 48.6 Å². The topological polar surface area (TPSA) is 307 Å². The molecule has 3 fully saturated rings. The highest BCUT2D eigenvalue weighted by Gasteiger charge is 2.54. The monoisotopic (exact) mass is 1620 g/mol. The lowest BCUT2D eigenvalue weighted by molar-refractivity contribution is -0.379. The van der Waals surface area contributed by atoms with Gasteiger partial charge in [0.25, 0.3) is 0 Å². The molecule has 670 valence electrons. The highest BCUT2D eigenvalue weighted by molar-refractivity contribution is 5.76. The lowest BCUT2D eigenvalue weighted by atomic mass is 9.96. The van der Waals surface area contributed by atoms with Crippen molar-refractivity contribution in [2.45, 2.75) is 523 Å². The number of amides is 1. The van der Waals surface area contributed by atoms with E-state index in [-0.39, 0.29) is 18.9 Å². The van der Waals surface area contributed by atoms with Gasteiger partial charge in [0.05, 0.1) is 38.6 Å². The maximum Gasteiger partial charge on any atom is 0.220 e. The van der Waals surface area contributed by atoms with Gasteiger partial charge in [0.1, 0.15) is 73.2 Å². The molecule has 19 heteroatoms. The largest absolute Gasteiger partial charge is 0.394 e. The molecule has 3 saturated heterocycles. The molecule has 3 rings (SSSR count). The van der Waals surface area contributed by atoms with Gasteiger partial charge >= 0.3 is 0 Å². The summed E-state index contributed by atoms with van der Waals surface area (Å²) in [5.41, 5.74) is 0. The summed E-state index contributed by atoms with van der Waals surface area (Å²) in [4.78, 5) is 13.6. The Hall–Kier alpha value is -2.25. The van der Waals surface area contributed by atoms with E-state index in [0.717, 1.165) is 70.6 Å². The van der Waals surface area contributed by atoms with Crippen molar-refractivity contribution in [2.24, 2.45) is 0 Å². The molecule has 12 N–H and O–H groups in total. The predicted octanol–water partition coefficient (Wildman–Crippen LogP) is 19.1. The summed E-state index contributed by atoms with van der Waals surface area (Å²) in [6.07, 6.45) is 71.0. The third-order valence-electron chi connectivity index (χ3n) is 23.9. The molecular formula is C95H177NO18. The molecule has 3 aliphatic rings. The Morgan fingerprint density at radius 1 is 0.325 bits per heavy atom. The number of hydrogen-bond donors (Lipinski definition) is 12. The number of nitrogens with one attached hydrogen (secondary N) is 1. The van der Waals surface area contributed by atoms with E-state index in [1.54, 1.807) is 0 Å². The van der Waals surface area contributed by atoms with Crippen molar-refractivity contribution < 1.29 is 89.4 Å². The van der Waals surface area contributed by atoms with Gasteiger partial charge in [0.2, 0.25) is 5.91 Å². The minimum absolute atomic E-state index is 0.233. The minimum Gasteiger partial charge on any atom is -0.394 e. The molecule has 0 radical (unpaired) electrons. The van der Waals surface area contributed by atoms with Gasteiger partial charge in [-0.15, -0.1) is 0 Å². The van der Waals surface area contributed by atoms with Gasteiger partial charge in [-0.1, -0.05) is 409 Å². The van der Waals surface area contributed by atoms with Crippen LogP contribution in [0.5, 0.6) is 0 Å². The molecule has 0 aliphatic carbocycles. The maximum absolute atomic E-state index is 13.6. The zero-order valence-corrected chi connectivity index (χ0v) is 72.6. The van der Waals surface area contributed by atoms with Gasteiger partial charge < -0.3 is 89.9 Å². The fourth-order valence-electron chi connectivity index (χ4n) is 16.4. The molecule has 17 unspecified atom stereocenters. The van der Waals surface area contributed by atoms with Crippen molar-refractivity contribution in [1.82, 2.24) is 5.32 Å². The first kappa shape index (κ1) is 106. The lowest BCUT2D eigenvalue weighted by Crippen LogP contribution is -2.66. The van der Waals surface area contributed by atoms with Gasteiger partial charge in [-0.25, -0.2) is 0 Å². The van der Waals surface area contributed by atoms with Crippen LogP contribution in [0.15, 0.2) is 48.6 Å². The first-order chi connectivity index (χ1) is 55.8. The second-order valence-corrected chi connectivity index (χ2v) is 34.2. The molecule has 0 aromatic carbocycles. The molecule has 17 atom stereocenters. The molecule has 1 amide bonds. The Balaban J connectivity index is 1.27. The summed E-state index contributed by atoms with van der Waals surface area (Å²) >= 11 is 0. The Morgan fingerprint density at radius 2 is 0.605 bits per heavy atom. The summed E-state index contributed by atoms with van der Waals surface area (Å²) in [5, 5.41) is 121. The van der Waals surface area contributed by atoms with E-state index in [1.165, 1.54) is 315 Å². The van der Waals surface area contributed by atoms with E-state index in [0.29, 0.717) is 12.8 Å². The van der Waals surface area contributed by atoms with E-state index in [2.05, 4.69) is 67.8 Å². The second-order valence-electron chi connectivity index (χ2n) is 34.2. The highest BCUT2D eigenvalue weighted by Crippen LogP contribution is 2.34. The normalized spacial score (nSPS) is 24.9. The fourth-order valence-corrected chi connectivity index (χ4v) is 16.4. The zero-order chi connectivity index (χ0) is 82.4. The molecule has 19 nitrogen and oxygen atoms in total. The van der Waals surface area contributed by atoms with E-state index < -0.39 is 124 Å². The van der Waals surface area contributed by atoms with Crippen LogP contribution in [0.3, 0.4) is 0 Å². The van der Waals surface area contributed by atoms with Crippen LogP contribution in [-0.4, -0.2) is 193 Å². The van der Waals surface area contributed by atoms with E-state index in [1.807, 2.05) is 0 Å². The third kappa shape index (κ3) is 52.2. The summed E-state index contributed by atoms with van der Waals surface area (Å²) in [6, 6.07) is -0.888. The summed E-state index contributed by atoms with van der Waals surface area (Å²) in [7, 11) is 0. The quantitative estimate of drug-likeness (QED) is 0.0199. The summed E-state index contributed by atoms with van der Waals surface area (Å²) in [6.45, 7) is 1.76. The first-order valence-corrected chi connectivity index (χ1v) is 47.9. The summed E-state index contributed by atoms with van der Waals surface area (Å²) < 4.78 is 34.6. The van der Waals surface area contributed by atoms with Crippen molar-refractivity contribution in [2.75, 3.05) is 26.4 Å². The molecule has 0 aromatic heterocycles. The molecule has 3 aliphatic heterocycles. The fraction of sp³-hybridized carbons (Fsp3) is 0.905. The van der Waals surface area contributed by atoms with Crippen LogP contribution in [0.25, 0.3) is 0 Å². The lowest BCUT2D eigenvalue weighted by Gasteiger charge is -2.48. The number of carbonyl (C=O) groups excluding carboxylic acids is 1. The van der Waals surface area contributed by atoms with Gasteiger partial charge in [0.15, 0.2) is 18.9 Å². The van der Waals surface area contributed by atoms with Crippen LogP contribution in [0.2, 0.25) is 0 Å². The van der Waals surface area contributed by atoms with Crippen molar-refractivity contribution >= 4 is 5.91 Å². The van der Waals surface area contributed by atoms with Crippen LogP contribution in [0.1, 0.15) is 418 Å². The van der Waals surface area contributed by atoms with Gasteiger partial charge in [-0.3, -0.25) is 4.79 Å². The van der Waals surface area contributed by atoms with Crippen molar-refractivity contribution in [3.8, 4) is 0 Å². The number of ether oxygens (including phenoxy) is 6. The van der Waals surface area contributed by atoms with Crippen LogP contribution < -0.4 is 5.32 Å². The molecule has 0 aromatic rings. The molecule has 0 spiro atoms. The molecule has 3 heterocycles. The van der Waals surface area contributed by atoms with Gasteiger partial charge in [-0.05, 0) is 51.4 Å². The summed E-state index contributed by atoms with van der Waals surface area (Å²) in [5.74, 6) is -0.233. The van der Waals surface area contributed by atoms with Crippen molar-refractivity contribution in [1.29, 1.82) is 0 Å². The average Bonchev–Trinajstić information content (AvgIpc) is 0.782. The Bertz CT molecular complexity index is 2240. The first-order valence-electron chi connectivity index (χ1n) is 47.9. The molecular weight excluding hydrogens is 1440 g/mol. The average molecular weight is 1620 g/mol. The van der Waals surface area contributed by atoms with Crippen LogP contribution in [0.4, 0.5) is 0 Å². The zero-order valence-electron chi connectivity index (χ0n) is 72.6. The Kier molecular flexibility index (Phi) is 69.3. The Labute approximate surface area is 694 Å². The maximum atomic E-state index is 13.6. The number of aliphatic hydroxyl groups is 11. The number of allylic oxidation sites excluding steroid dienone is 8. The van der Waals surface area contributed by atoms with Crippen LogP contribution >= 0.6 is 0 Å². The molecule has 0 saturated carbocycles. The second kappa shape index (κ2) is 74.6. The molecule has 0 bridgehead atoms. The number of carbonyl (C=O) groups is 1. The number of hydrogen-bond acceptors (Lipinski definition) is 18. The number of rotatable bonds is 79.